The quantitative estimate of drug-likeness (QED) is 0.739. The topological polar surface area (TPSA) is 64.4 Å². The first-order valence-electron chi connectivity index (χ1n) is 6.98. The number of ether oxygens (including phenoxy) is 1. The first-order valence-corrected chi connectivity index (χ1v) is 6.98. The second kappa shape index (κ2) is 6.34. The SMILES string of the molecule is NCC1(C(=O)NCC2CC=CCC2)CCOCC1. The van der Waals surface area contributed by atoms with Crippen LogP contribution in [0.3, 0.4) is 0 Å². The average Bonchev–Trinajstić information content (AvgIpc) is 2.46. The minimum absolute atomic E-state index is 0.128. The van der Waals surface area contributed by atoms with Gasteiger partial charge in [-0.2, -0.15) is 0 Å². The molecule has 1 aliphatic heterocycles. The van der Waals surface area contributed by atoms with Crippen molar-refractivity contribution in [2.75, 3.05) is 26.3 Å². The van der Waals surface area contributed by atoms with Crippen molar-refractivity contribution in [3.63, 3.8) is 0 Å². The minimum atomic E-state index is -0.386. The van der Waals surface area contributed by atoms with Crippen LogP contribution in [0, 0.1) is 11.3 Å². The number of hydrogen-bond acceptors (Lipinski definition) is 3. The Morgan fingerprint density at radius 2 is 2.17 bits per heavy atom. The van der Waals surface area contributed by atoms with E-state index in [-0.39, 0.29) is 11.3 Å². The van der Waals surface area contributed by atoms with Gasteiger partial charge in [-0.1, -0.05) is 12.2 Å². The summed E-state index contributed by atoms with van der Waals surface area (Å²) in [6.45, 7) is 2.51. The highest BCUT2D eigenvalue weighted by atomic mass is 16.5. The van der Waals surface area contributed by atoms with Gasteiger partial charge in [0.05, 0.1) is 5.41 Å². The molecule has 0 bridgehead atoms. The summed E-state index contributed by atoms with van der Waals surface area (Å²) in [6, 6.07) is 0. The van der Waals surface area contributed by atoms with E-state index >= 15 is 0 Å². The van der Waals surface area contributed by atoms with Crippen molar-refractivity contribution in [3.8, 4) is 0 Å². The third kappa shape index (κ3) is 3.12. The van der Waals surface area contributed by atoms with Crippen LogP contribution >= 0.6 is 0 Å². The molecule has 1 heterocycles. The molecule has 18 heavy (non-hydrogen) atoms. The summed E-state index contributed by atoms with van der Waals surface area (Å²) in [4.78, 5) is 12.3. The summed E-state index contributed by atoms with van der Waals surface area (Å²) in [7, 11) is 0. The molecule has 1 aliphatic carbocycles. The highest BCUT2D eigenvalue weighted by molar-refractivity contribution is 5.83. The molecule has 1 amide bonds. The van der Waals surface area contributed by atoms with E-state index in [0.29, 0.717) is 25.7 Å². The van der Waals surface area contributed by atoms with E-state index in [1.807, 2.05) is 0 Å². The zero-order chi connectivity index (χ0) is 12.8. The predicted molar refractivity (Wildman–Crippen MR) is 71.0 cm³/mol. The van der Waals surface area contributed by atoms with E-state index in [2.05, 4.69) is 17.5 Å². The van der Waals surface area contributed by atoms with Crippen molar-refractivity contribution in [2.45, 2.75) is 32.1 Å². The molecule has 1 unspecified atom stereocenters. The van der Waals surface area contributed by atoms with Gasteiger partial charge < -0.3 is 15.8 Å². The number of nitrogens with two attached hydrogens (primary N) is 1. The van der Waals surface area contributed by atoms with Gasteiger partial charge in [0, 0.05) is 26.3 Å². The van der Waals surface area contributed by atoms with Crippen LogP contribution in [0.1, 0.15) is 32.1 Å². The minimum Gasteiger partial charge on any atom is -0.381 e. The van der Waals surface area contributed by atoms with Crippen LogP contribution in [0.15, 0.2) is 12.2 Å². The molecule has 4 nitrogen and oxygen atoms in total. The van der Waals surface area contributed by atoms with Crippen molar-refractivity contribution in [3.05, 3.63) is 12.2 Å². The summed E-state index contributed by atoms with van der Waals surface area (Å²) >= 11 is 0. The Hall–Kier alpha value is -0.870. The Kier molecular flexibility index (Phi) is 4.78. The van der Waals surface area contributed by atoms with E-state index in [9.17, 15) is 4.79 Å². The molecule has 0 radical (unpaired) electrons. The molecule has 102 valence electrons. The summed E-state index contributed by atoms with van der Waals surface area (Å²) in [5, 5.41) is 3.11. The first kappa shape index (κ1) is 13.6. The lowest BCUT2D eigenvalue weighted by Crippen LogP contribution is -2.50. The molecular weight excluding hydrogens is 228 g/mol. The van der Waals surface area contributed by atoms with Crippen molar-refractivity contribution < 1.29 is 9.53 Å². The second-order valence-corrected chi connectivity index (χ2v) is 5.46. The van der Waals surface area contributed by atoms with Crippen LogP contribution in [0.2, 0.25) is 0 Å². The molecule has 0 spiro atoms. The third-order valence-electron chi connectivity index (χ3n) is 4.25. The zero-order valence-corrected chi connectivity index (χ0v) is 11.0. The Bertz CT molecular complexity index is 309. The number of carbonyl (C=O) groups is 1. The number of amides is 1. The zero-order valence-electron chi connectivity index (χ0n) is 11.0. The van der Waals surface area contributed by atoms with Gasteiger partial charge in [-0.15, -0.1) is 0 Å². The van der Waals surface area contributed by atoms with E-state index in [0.717, 1.165) is 32.2 Å². The number of carbonyl (C=O) groups excluding carboxylic acids is 1. The fraction of sp³-hybridized carbons (Fsp3) is 0.786. The van der Waals surface area contributed by atoms with Crippen LogP contribution in [-0.2, 0) is 9.53 Å². The Morgan fingerprint density at radius 3 is 2.78 bits per heavy atom. The van der Waals surface area contributed by atoms with Gasteiger partial charge in [-0.3, -0.25) is 4.79 Å². The highest BCUT2D eigenvalue weighted by Gasteiger charge is 2.38. The van der Waals surface area contributed by atoms with Crippen LogP contribution in [0.25, 0.3) is 0 Å². The van der Waals surface area contributed by atoms with Gasteiger partial charge in [0.1, 0.15) is 0 Å². The Labute approximate surface area is 109 Å². The number of rotatable bonds is 4. The molecule has 4 heteroatoms. The molecule has 1 saturated heterocycles. The van der Waals surface area contributed by atoms with Gasteiger partial charge >= 0.3 is 0 Å². The van der Waals surface area contributed by atoms with Crippen molar-refractivity contribution in [2.24, 2.45) is 17.1 Å². The lowest BCUT2D eigenvalue weighted by atomic mass is 9.79. The molecule has 2 rings (SSSR count). The van der Waals surface area contributed by atoms with Crippen molar-refractivity contribution >= 4 is 5.91 Å². The Balaban J connectivity index is 1.83. The number of allylic oxidation sites excluding steroid dienone is 2. The van der Waals surface area contributed by atoms with E-state index in [1.54, 1.807) is 0 Å². The molecule has 0 aromatic heterocycles. The summed E-state index contributed by atoms with van der Waals surface area (Å²) in [5.74, 6) is 0.719. The van der Waals surface area contributed by atoms with Crippen LogP contribution in [0.5, 0.6) is 0 Å². The Morgan fingerprint density at radius 1 is 1.39 bits per heavy atom. The predicted octanol–water partition coefficient (Wildman–Crippen LogP) is 1.21. The fourth-order valence-corrected chi connectivity index (χ4v) is 2.75. The summed E-state index contributed by atoms with van der Waals surface area (Å²) < 4.78 is 5.33. The molecule has 3 N–H and O–H groups in total. The largest absolute Gasteiger partial charge is 0.381 e. The lowest BCUT2D eigenvalue weighted by Gasteiger charge is -2.35. The number of hydrogen-bond donors (Lipinski definition) is 2. The molecule has 0 saturated carbocycles. The first-order chi connectivity index (χ1) is 8.77. The maximum Gasteiger partial charge on any atom is 0.227 e. The maximum absolute atomic E-state index is 12.3. The monoisotopic (exact) mass is 252 g/mol. The van der Waals surface area contributed by atoms with E-state index < -0.39 is 0 Å². The standard InChI is InChI=1S/C14H24N2O2/c15-11-14(6-8-18-9-7-14)13(17)16-10-12-4-2-1-3-5-12/h1-2,12H,3-11,15H2,(H,16,17). The van der Waals surface area contributed by atoms with Crippen molar-refractivity contribution in [1.82, 2.24) is 5.32 Å². The van der Waals surface area contributed by atoms with Gasteiger partial charge in [0.15, 0.2) is 0 Å². The normalized spacial score (nSPS) is 26.8. The van der Waals surface area contributed by atoms with Crippen molar-refractivity contribution in [1.29, 1.82) is 0 Å². The highest BCUT2D eigenvalue weighted by Crippen LogP contribution is 2.29. The smallest absolute Gasteiger partial charge is 0.227 e. The summed E-state index contributed by atoms with van der Waals surface area (Å²) in [6.07, 6.45) is 9.33. The maximum atomic E-state index is 12.3. The molecule has 0 aromatic carbocycles. The summed E-state index contributed by atoms with van der Waals surface area (Å²) in [5.41, 5.74) is 5.43. The average molecular weight is 252 g/mol. The van der Waals surface area contributed by atoms with E-state index in [1.165, 1.54) is 6.42 Å². The molecule has 1 fully saturated rings. The fourth-order valence-electron chi connectivity index (χ4n) is 2.75. The van der Waals surface area contributed by atoms with Gasteiger partial charge in [0.2, 0.25) is 5.91 Å². The third-order valence-corrected chi connectivity index (χ3v) is 4.25. The van der Waals surface area contributed by atoms with Crippen LogP contribution in [-0.4, -0.2) is 32.2 Å². The van der Waals surface area contributed by atoms with Crippen LogP contribution < -0.4 is 11.1 Å². The van der Waals surface area contributed by atoms with E-state index in [4.69, 9.17) is 10.5 Å². The molecule has 2 aliphatic rings. The second-order valence-electron chi connectivity index (χ2n) is 5.46. The lowest BCUT2D eigenvalue weighted by molar-refractivity contribution is -0.136. The molecule has 0 aromatic rings. The van der Waals surface area contributed by atoms with Crippen LogP contribution in [0.4, 0.5) is 0 Å². The van der Waals surface area contributed by atoms with Gasteiger partial charge in [0.25, 0.3) is 0 Å². The number of nitrogens with one attached hydrogen (secondary N) is 1. The van der Waals surface area contributed by atoms with Gasteiger partial charge in [-0.05, 0) is 38.0 Å². The molecular formula is C14H24N2O2. The molecule has 1 atom stereocenters. The van der Waals surface area contributed by atoms with Gasteiger partial charge in [-0.25, -0.2) is 0 Å².